The maximum Gasteiger partial charge on any atom is 0.389 e. The molecule has 0 aromatic carbocycles. The Labute approximate surface area is 107 Å². The van der Waals surface area contributed by atoms with Crippen molar-refractivity contribution in [2.45, 2.75) is 64.3 Å². The Balaban J connectivity index is 2.22. The highest BCUT2D eigenvalue weighted by Gasteiger charge is 2.33. The SMILES string of the molecule is CCNC(CCC(F)(F)F)CC1CC(OCC)C1. The van der Waals surface area contributed by atoms with Crippen LogP contribution in [0, 0.1) is 5.92 Å². The van der Waals surface area contributed by atoms with Gasteiger partial charge in [0.25, 0.3) is 0 Å². The fourth-order valence-corrected chi connectivity index (χ4v) is 2.57. The van der Waals surface area contributed by atoms with E-state index in [1.165, 1.54) is 0 Å². The summed E-state index contributed by atoms with van der Waals surface area (Å²) < 4.78 is 42.1. The topological polar surface area (TPSA) is 21.3 Å². The first kappa shape index (κ1) is 15.8. The molecule has 1 saturated carbocycles. The Kier molecular flexibility index (Phi) is 6.43. The molecule has 1 atom stereocenters. The van der Waals surface area contributed by atoms with E-state index >= 15 is 0 Å². The van der Waals surface area contributed by atoms with Gasteiger partial charge in [-0.1, -0.05) is 6.92 Å². The monoisotopic (exact) mass is 267 g/mol. The van der Waals surface area contributed by atoms with Crippen molar-refractivity contribution in [1.29, 1.82) is 0 Å². The van der Waals surface area contributed by atoms with Crippen molar-refractivity contribution in [2.24, 2.45) is 5.92 Å². The number of halogens is 3. The minimum Gasteiger partial charge on any atom is -0.378 e. The van der Waals surface area contributed by atoms with Gasteiger partial charge >= 0.3 is 6.18 Å². The van der Waals surface area contributed by atoms with Gasteiger partial charge in [0, 0.05) is 19.1 Å². The predicted molar refractivity (Wildman–Crippen MR) is 65.5 cm³/mol. The molecule has 0 aliphatic heterocycles. The van der Waals surface area contributed by atoms with Crippen molar-refractivity contribution in [3.05, 3.63) is 0 Å². The van der Waals surface area contributed by atoms with E-state index in [1.807, 2.05) is 13.8 Å². The molecule has 1 rings (SSSR count). The van der Waals surface area contributed by atoms with Gasteiger partial charge in [-0.15, -0.1) is 0 Å². The van der Waals surface area contributed by atoms with E-state index in [0.29, 0.717) is 12.0 Å². The lowest BCUT2D eigenvalue weighted by atomic mass is 9.77. The Morgan fingerprint density at radius 3 is 2.44 bits per heavy atom. The molecule has 0 bridgehead atoms. The summed E-state index contributed by atoms with van der Waals surface area (Å²) in [5.74, 6) is 0.527. The largest absolute Gasteiger partial charge is 0.389 e. The van der Waals surface area contributed by atoms with Crippen molar-refractivity contribution in [3.8, 4) is 0 Å². The van der Waals surface area contributed by atoms with Crippen LogP contribution in [0.5, 0.6) is 0 Å². The smallest absolute Gasteiger partial charge is 0.378 e. The number of hydrogen-bond acceptors (Lipinski definition) is 2. The molecule has 0 heterocycles. The zero-order valence-corrected chi connectivity index (χ0v) is 11.2. The van der Waals surface area contributed by atoms with Crippen LogP contribution in [-0.2, 0) is 4.74 Å². The van der Waals surface area contributed by atoms with Gasteiger partial charge < -0.3 is 10.1 Å². The molecule has 1 unspecified atom stereocenters. The minimum absolute atomic E-state index is 0.01000. The molecule has 0 saturated heterocycles. The molecular weight excluding hydrogens is 243 g/mol. The lowest BCUT2D eigenvalue weighted by Gasteiger charge is -2.37. The van der Waals surface area contributed by atoms with E-state index in [4.69, 9.17) is 4.74 Å². The number of nitrogens with one attached hydrogen (secondary N) is 1. The molecule has 0 aromatic heterocycles. The van der Waals surface area contributed by atoms with E-state index < -0.39 is 12.6 Å². The zero-order valence-electron chi connectivity index (χ0n) is 11.2. The second-order valence-corrected chi connectivity index (χ2v) is 5.06. The van der Waals surface area contributed by atoms with Crippen LogP contribution < -0.4 is 5.32 Å². The van der Waals surface area contributed by atoms with Crippen molar-refractivity contribution in [1.82, 2.24) is 5.32 Å². The molecule has 108 valence electrons. The van der Waals surface area contributed by atoms with Gasteiger partial charge in [0.1, 0.15) is 0 Å². The lowest BCUT2D eigenvalue weighted by molar-refractivity contribution is -0.137. The first-order valence-corrected chi connectivity index (χ1v) is 6.86. The molecule has 0 amide bonds. The standard InChI is InChI=1S/C13H24F3NO/c1-3-17-11(5-6-13(14,15)16)7-10-8-12(9-10)18-4-2/h10-12,17H,3-9H2,1-2H3. The number of ether oxygens (including phenoxy) is 1. The molecule has 1 aliphatic rings. The average Bonchev–Trinajstić information content (AvgIpc) is 2.22. The predicted octanol–water partition coefficient (Wildman–Crippen LogP) is 3.51. The van der Waals surface area contributed by atoms with Crippen LogP contribution >= 0.6 is 0 Å². The Bertz CT molecular complexity index is 227. The van der Waals surface area contributed by atoms with Crippen LogP contribution in [0.15, 0.2) is 0 Å². The molecule has 0 radical (unpaired) electrons. The van der Waals surface area contributed by atoms with E-state index in [9.17, 15) is 13.2 Å². The highest BCUT2D eigenvalue weighted by atomic mass is 19.4. The summed E-state index contributed by atoms with van der Waals surface area (Å²) in [5.41, 5.74) is 0. The molecule has 1 aliphatic carbocycles. The molecule has 18 heavy (non-hydrogen) atoms. The van der Waals surface area contributed by atoms with Crippen LogP contribution in [0.25, 0.3) is 0 Å². The summed E-state index contributed by atoms with van der Waals surface area (Å²) >= 11 is 0. The summed E-state index contributed by atoms with van der Waals surface area (Å²) in [6.45, 7) is 5.36. The molecule has 5 heteroatoms. The summed E-state index contributed by atoms with van der Waals surface area (Å²) in [5, 5.41) is 3.16. The van der Waals surface area contributed by atoms with Crippen LogP contribution in [0.1, 0.15) is 46.0 Å². The molecule has 1 N–H and O–H groups in total. The van der Waals surface area contributed by atoms with Crippen molar-refractivity contribution >= 4 is 0 Å². The van der Waals surface area contributed by atoms with Gasteiger partial charge in [0.2, 0.25) is 0 Å². The summed E-state index contributed by atoms with van der Waals surface area (Å²) in [6, 6.07) is -0.01000. The number of hydrogen-bond donors (Lipinski definition) is 1. The van der Waals surface area contributed by atoms with Crippen LogP contribution in [0.4, 0.5) is 13.2 Å². The third-order valence-corrected chi connectivity index (χ3v) is 3.48. The van der Waals surface area contributed by atoms with Gasteiger partial charge in [-0.25, -0.2) is 0 Å². The van der Waals surface area contributed by atoms with Crippen LogP contribution in [-0.4, -0.2) is 31.5 Å². The zero-order chi connectivity index (χ0) is 13.6. The lowest BCUT2D eigenvalue weighted by Crippen LogP contribution is -2.38. The van der Waals surface area contributed by atoms with E-state index in [2.05, 4.69) is 5.32 Å². The Morgan fingerprint density at radius 1 is 1.28 bits per heavy atom. The summed E-state index contributed by atoms with van der Waals surface area (Å²) in [7, 11) is 0. The Hall–Kier alpha value is -0.290. The quantitative estimate of drug-likeness (QED) is 0.726. The normalized spacial score (nSPS) is 25.8. The fraction of sp³-hybridized carbons (Fsp3) is 1.00. The first-order chi connectivity index (χ1) is 8.44. The second-order valence-electron chi connectivity index (χ2n) is 5.06. The molecule has 1 fully saturated rings. The number of rotatable bonds is 8. The summed E-state index contributed by atoms with van der Waals surface area (Å²) in [6.07, 6.45) is -1.36. The summed E-state index contributed by atoms with van der Waals surface area (Å²) in [4.78, 5) is 0. The van der Waals surface area contributed by atoms with Crippen LogP contribution in [0.2, 0.25) is 0 Å². The maximum absolute atomic E-state index is 12.2. The molecule has 0 aromatic rings. The molecular formula is C13H24F3NO. The van der Waals surface area contributed by atoms with Crippen molar-refractivity contribution in [3.63, 3.8) is 0 Å². The van der Waals surface area contributed by atoms with Gasteiger partial charge in [0.05, 0.1) is 6.10 Å². The molecule has 0 spiro atoms. The third-order valence-electron chi connectivity index (χ3n) is 3.48. The van der Waals surface area contributed by atoms with Gasteiger partial charge in [-0.2, -0.15) is 13.2 Å². The maximum atomic E-state index is 12.2. The van der Waals surface area contributed by atoms with Gasteiger partial charge in [-0.05, 0) is 45.1 Å². The minimum atomic E-state index is -4.04. The van der Waals surface area contributed by atoms with E-state index in [-0.39, 0.29) is 12.5 Å². The van der Waals surface area contributed by atoms with Gasteiger partial charge in [-0.3, -0.25) is 0 Å². The van der Waals surface area contributed by atoms with Crippen molar-refractivity contribution < 1.29 is 17.9 Å². The van der Waals surface area contributed by atoms with E-state index in [0.717, 1.165) is 32.4 Å². The van der Waals surface area contributed by atoms with Gasteiger partial charge in [0.15, 0.2) is 0 Å². The van der Waals surface area contributed by atoms with Crippen molar-refractivity contribution in [2.75, 3.05) is 13.2 Å². The fourth-order valence-electron chi connectivity index (χ4n) is 2.57. The van der Waals surface area contributed by atoms with Crippen LogP contribution in [0.3, 0.4) is 0 Å². The van der Waals surface area contributed by atoms with E-state index in [1.54, 1.807) is 0 Å². The number of alkyl halides is 3. The average molecular weight is 267 g/mol. The second kappa shape index (κ2) is 7.34. The Morgan fingerprint density at radius 2 is 1.94 bits per heavy atom. The molecule has 2 nitrogen and oxygen atoms in total. The highest BCUT2D eigenvalue weighted by Crippen LogP contribution is 2.35. The third kappa shape index (κ3) is 6.05. The first-order valence-electron chi connectivity index (χ1n) is 6.86. The highest BCUT2D eigenvalue weighted by molar-refractivity contribution is 4.84.